The van der Waals surface area contributed by atoms with E-state index in [1.54, 1.807) is 10.9 Å². The molecule has 1 aliphatic heterocycles. The van der Waals surface area contributed by atoms with Gasteiger partial charge in [0.15, 0.2) is 0 Å². The lowest BCUT2D eigenvalue weighted by atomic mass is 9.91. The van der Waals surface area contributed by atoms with Crippen LogP contribution in [-0.2, 0) is 6.42 Å². The molecule has 2 heterocycles. The Hall–Kier alpha value is -3.43. The molecule has 0 unspecified atom stereocenters. The highest BCUT2D eigenvalue weighted by atomic mass is 16.3. The molecule has 1 N–H and O–H groups in total. The third-order valence-electron chi connectivity index (χ3n) is 6.75. The highest BCUT2D eigenvalue weighted by Crippen LogP contribution is 2.36. The number of nitriles is 1. The molecule has 2 aliphatic rings. The summed E-state index contributed by atoms with van der Waals surface area (Å²) >= 11 is 0. The third-order valence-corrected chi connectivity index (χ3v) is 6.75. The molecule has 6 heteroatoms. The van der Waals surface area contributed by atoms with E-state index in [4.69, 9.17) is 10.2 Å². The van der Waals surface area contributed by atoms with Crippen LogP contribution in [0.3, 0.4) is 0 Å². The lowest BCUT2D eigenvalue weighted by Crippen LogP contribution is -2.35. The van der Waals surface area contributed by atoms with Crippen molar-refractivity contribution >= 4 is 22.7 Å². The Morgan fingerprint density at radius 3 is 2.75 bits per heavy atom. The van der Waals surface area contributed by atoms with Gasteiger partial charge in [0.05, 0.1) is 41.2 Å². The van der Waals surface area contributed by atoms with Gasteiger partial charge in [-0.15, -0.1) is 0 Å². The molecule has 0 radical (unpaired) electrons. The average Bonchev–Trinajstić information content (AvgIpc) is 2.81. The summed E-state index contributed by atoms with van der Waals surface area (Å²) in [6.45, 7) is 0.758. The number of benzene rings is 2. The number of aliphatic hydroxyl groups is 1. The first kappa shape index (κ1) is 20.5. The van der Waals surface area contributed by atoms with Gasteiger partial charge in [-0.1, -0.05) is 37.1 Å². The van der Waals surface area contributed by atoms with Crippen LogP contribution >= 0.6 is 0 Å². The molecule has 1 aliphatic carbocycles. The SMILES string of the molecule is CN1CC=Cc2c(Cc3ccc(C#N)cc3)cc3c(=O)n([C@H]4CCCC[C@@H]4O)cnc3c21. The van der Waals surface area contributed by atoms with E-state index in [2.05, 4.69) is 23.1 Å². The van der Waals surface area contributed by atoms with Crippen molar-refractivity contribution in [3.8, 4) is 6.07 Å². The summed E-state index contributed by atoms with van der Waals surface area (Å²) in [5, 5.41) is 20.2. The number of anilines is 1. The van der Waals surface area contributed by atoms with E-state index in [0.29, 0.717) is 22.9 Å². The van der Waals surface area contributed by atoms with E-state index in [1.165, 1.54) is 0 Å². The van der Waals surface area contributed by atoms with Crippen LogP contribution in [0.2, 0.25) is 0 Å². The van der Waals surface area contributed by atoms with Crippen molar-refractivity contribution in [1.29, 1.82) is 5.26 Å². The van der Waals surface area contributed by atoms with Gasteiger partial charge < -0.3 is 10.0 Å². The van der Waals surface area contributed by atoms with Gasteiger partial charge in [-0.3, -0.25) is 9.36 Å². The second-order valence-electron chi connectivity index (χ2n) is 8.84. The highest BCUT2D eigenvalue weighted by molar-refractivity contribution is 5.97. The standard InChI is InChI=1S/C26H26N4O2/c1-29-12-4-5-20-19(13-17-8-10-18(15-27)11-9-17)14-21-24(25(20)29)28-16-30(26(21)32)22-6-2-3-7-23(22)31/h4-5,8-11,14,16,22-23,31H,2-3,6-7,12-13H2,1H3/t22-,23-/m0/s1. The van der Waals surface area contributed by atoms with E-state index in [-0.39, 0.29) is 11.6 Å². The number of aromatic nitrogens is 2. The normalized spacial score (nSPS) is 20.2. The maximum absolute atomic E-state index is 13.6. The van der Waals surface area contributed by atoms with Crippen LogP contribution < -0.4 is 10.5 Å². The van der Waals surface area contributed by atoms with Crippen LogP contribution in [0.15, 0.2) is 47.5 Å². The first-order valence-electron chi connectivity index (χ1n) is 11.2. The molecular weight excluding hydrogens is 400 g/mol. The fraction of sp³-hybridized carbons (Fsp3) is 0.346. The zero-order valence-corrected chi connectivity index (χ0v) is 18.2. The first-order valence-corrected chi connectivity index (χ1v) is 11.2. The van der Waals surface area contributed by atoms with Gasteiger partial charge in [-0.05, 0) is 48.6 Å². The van der Waals surface area contributed by atoms with E-state index in [9.17, 15) is 9.90 Å². The van der Waals surface area contributed by atoms with Crippen molar-refractivity contribution in [3.63, 3.8) is 0 Å². The number of aliphatic hydroxyl groups excluding tert-OH is 1. The maximum atomic E-state index is 13.6. The smallest absolute Gasteiger partial charge is 0.261 e. The molecule has 1 aromatic heterocycles. The van der Waals surface area contributed by atoms with Crippen molar-refractivity contribution in [2.24, 2.45) is 0 Å². The van der Waals surface area contributed by atoms with Gasteiger partial charge >= 0.3 is 0 Å². The summed E-state index contributed by atoms with van der Waals surface area (Å²) in [4.78, 5) is 20.5. The van der Waals surface area contributed by atoms with Crippen LogP contribution in [0.4, 0.5) is 5.69 Å². The Kier molecular flexibility index (Phi) is 5.28. The molecule has 1 saturated carbocycles. The zero-order valence-electron chi connectivity index (χ0n) is 18.2. The van der Waals surface area contributed by atoms with Crippen LogP contribution in [0.1, 0.15) is 54.0 Å². The molecule has 5 rings (SSSR count). The minimum absolute atomic E-state index is 0.0900. The van der Waals surface area contributed by atoms with Gasteiger partial charge in [0, 0.05) is 19.2 Å². The van der Waals surface area contributed by atoms with Gasteiger partial charge in [0.1, 0.15) is 5.52 Å². The minimum atomic E-state index is -0.512. The predicted molar refractivity (Wildman–Crippen MR) is 126 cm³/mol. The van der Waals surface area contributed by atoms with Crippen LogP contribution in [0.5, 0.6) is 0 Å². The van der Waals surface area contributed by atoms with Crippen molar-refractivity contribution in [2.75, 3.05) is 18.5 Å². The van der Waals surface area contributed by atoms with E-state index >= 15 is 0 Å². The molecule has 0 spiro atoms. The summed E-state index contributed by atoms with van der Waals surface area (Å²) in [6, 6.07) is 11.5. The molecular formula is C26H26N4O2. The van der Waals surface area contributed by atoms with E-state index in [0.717, 1.165) is 54.6 Å². The van der Waals surface area contributed by atoms with E-state index < -0.39 is 6.10 Å². The third kappa shape index (κ3) is 3.49. The van der Waals surface area contributed by atoms with Crippen molar-refractivity contribution < 1.29 is 5.11 Å². The summed E-state index contributed by atoms with van der Waals surface area (Å²) in [5.41, 5.74) is 5.45. The number of nitrogens with zero attached hydrogens (tertiary/aromatic N) is 4. The Morgan fingerprint density at radius 1 is 1.22 bits per heavy atom. The molecule has 2 aromatic carbocycles. The molecule has 0 bridgehead atoms. The van der Waals surface area contributed by atoms with Crippen LogP contribution in [0.25, 0.3) is 17.0 Å². The lowest BCUT2D eigenvalue weighted by Gasteiger charge is -2.30. The second kappa shape index (κ2) is 8.25. The number of hydrogen-bond acceptors (Lipinski definition) is 5. The summed E-state index contributed by atoms with van der Waals surface area (Å²) in [7, 11) is 2.02. The van der Waals surface area contributed by atoms with Gasteiger partial charge in [0.2, 0.25) is 0 Å². The van der Waals surface area contributed by atoms with Crippen molar-refractivity contribution in [2.45, 2.75) is 44.2 Å². The Morgan fingerprint density at radius 2 is 2.00 bits per heavy atom. The largest absolute Gasteiger partial charge is 0.391 e. The van der Waals surface area contributed by atoms with Crippen molar-refractivity contribution in [1.82, 2.24) is 9.55 Å². The topological polar surface area (TPSA) is 82.2 Å². The fourth-order valence-electron chi connectivity index (χ4n) is 5.04. The van der Waals surface area contributed by atoms with Gasteiger partial charge in [-0.2, -0.15) is 5.26 Å². The number of hydrogen-bond donors (Lipinski definition) is 1. The van der Waals surface area contributed by atoms with Gasteiger partial charge in [-0.25, -0.2) is 4.98 Å². The second-order valence-corrected chi connectivity index (χ2v) is 8.84. The monoisotopic (exact) mass is 426 g/mol. The first-order chi connectivity index (χ1) is 15.6. The lowest BCUT2D eigenvalue weighted by molar-refractivity contribution is 0.0735. The zero-order chi connectivity index (χ0) is 22.2. The molecule has 162 valence electrons. The summed E-state index contributed by atoms with van der Waals surface area (Å²) in [6.07, 6.45) is 9.51. The molecule has 3 aromatic rings. The molecule has 2 atom stereocenters. The minimum Gasteiger partial charge on any atom is -0.391 e. The van der Waals surface area contributed by atoms with Gasteiger partial charge in [0.25, 0.3) is 5.56 Å². The van der Waals surface area contributed by atoms with Crippen LogP contribution in [-0.4, -0.2) is 34.4 Å². The average molecular weight is 427 g/mol. The number of likely N-dealkylation sites (N-methyl/N-ethyl adjacent to an activating group) is 1. The molecule has 0 saturated heterocycles. The van der Waals surface area contributed by atoms with Crippen molar-refractivity contribution in [3.05, 3.63) is 75.3 Å². The highest BCUT2D eigenvalue weighted by Gasteiger charge is 2.27. The maximum Gasteiger partial charge on any atom is 0.261 e. The molecule has 32 heavy (non-hydrogen) atoms. The number of fused-ring (bicyclic) bond motifs is 3. The quantitative estimate of drug-likeness (QED) is 0.689. The fourth-order valence-corrected chi connectivity index (χ4v) is 5.04. The number of rotatable bonds is 3. The Labute approximate surface area is 187 Å². The Balaban J connectivity index is 1.67. The Bertz CT molecular complexity index is 1300. The van der Waals surface area contributed by atoms with Crippen LogP contribution in [0, 0.1) is 11.3 Å². The summed E-state index contributed by atoms with van der Waals surface area (Å²) in [5.74, 6) is 0. The molecule has 1 fully saturated rings. The molecule has 0 amide bonds. The van der Waals surface area contributed by atoms with E-state index in [1.807, 2.05) is 37.4 Å². The predicted octanol–water partition coefficient (Wildman–Crippen LogP) is 3.80. The summed E-state index contributed by atoms with van der Waals surface area (Å²) < 4.78 is 1.64. The molecule has 6 nitrogen and oxygen atoms in total.